The van der Waals surface area contributed by atoms with Crippen molar-refractivity contribution >= 4 is 28.4 Å². The van der Waals surface area contributed by atoms with Crippen LogP contribution in [-0.4, -0.2) is 38.4 Å². The molecule has 21 heavy (non-hydrogen) atoms. The Morgan fingerprint density at radius 2 is 2.29 bits per heavy atom. The van der Waals surface area contributed by atoms with Crippen LogP contribution in [0.15, 0.2) is 11.0 Å². The highest BCUT2D eigenvalue weighted by Crippen LogP contribution is 2.28. The maximum absolute atomic E-state index is 12.0. The van der Waals surface area contributed by atoms with Crippen LogP contribution in [0.1, 0.15) is 31.6 Å². The first-order valence-electron chi connectivity index (χ1n) is 6.85. The third kappa shape index (κ3) is 3.74. The molecular weight excluding hydrogens is 389 g/mol. The van der Waals surface area contributed by atoms with Crippen molar-refractivity contribution in [2.45, 2.75) is 44.6 Å². The van der Waals surface area contributed by atoms with Crippen molar-refractivity contribution in [2.24, 2.45) is 0 Å². The Bertz CT molecular complexity index is 537. The molecule has 0 saturated carbocycles. The molecule has 3 heterocycles. The first-order chi connectivity index (χ1) is 10.2. The van der Waals surface area contributed by atoms with Gasteiger partial charge >= 0.3 is 5.69 Å². The lowest BCUT2D eigenvalue weighted by Gasteiger charge is -2.24. The van der Waals surface area contributed by atoms with E-state index in [2.05, 4.69) is 33.1 Å². The third-order valence-corrected chi connectivity index (χ3v) is 3.49. The minimum absolute atomic E-state index is 0.0178. The Balaban J connectivity index is 0.000000774. The monoisotopic (exact) mass is 409 g/mol. The normalized spacial score (nSPS) is 27.3. The molecule has 7 nitrogen and oxygen atoms in total. The quantitative estimate of drug-likeness (QED) is 0.565. The number of anilines is 1. The highest BCUT2D eigenvalue weighted by atomic mass is 127. The largest absolute Gasteiger partial charge is 0.394 e. The molecule has 1 aromatic heterocycles. The summed E-state index contributed by atoms with van der Waals surface area (Å²) in [7, 11) is 0. The molecule has 1 aromatic rings. The predicted molar refractivity (Wildman–Crippen MR) is 86.5 cm³/mol. The molecule has 2 aliphatic heterocycles. The van der Waals surface area contributed by atoms with E-state index in [1.165, 1.54) is 4.57 Å². The number of ether oxygens (including phenoxy) is 1. The van der Waals surface area contributed by atoms with E-state index in [-0.39, 0.29) is 30.7 Å². The van der Waals surface area contributed by atoms with Crippen molar-refractivity contribution in [3.05, 3.63) is 22.2 Å². The highest BCUT2D eigenvalue weighted by Gasteiger charge is 2.28. The van der Waals surface area contributed by atoms with Crippen LogP contribution in [-0.2, 0) is 16.0 Å². The number of hydrogen-bond donors (Lipinski definition) is 2. The van der Waals surface area contributed by atoms with E-state index in [1.807, 2.05) is 11.9 Å². The van der Waals surface area contributed by atoms with Gasteiger partial charge in [-0.3, -0.25) is 9.40 Å². The number of fused-ring (bicyclic) bond motifs is 1. The van der Waals surface area contributed by atoms with Crippen LogP contribution in [0, 0.1) is 0 Å². The summed E-state index contributed by atoms with van der Waals surface area (Å²) in [6.07, 6.45) is 3.46. The van der Waals surface area contributed by atoms with Gasteiger partial charge in [0.1, 0.15) is 6.23 Å². The second-order valence-corrected chi connectivity index (χ2v) is 5.01. The number of halogens is 1. The maximum Gasteiger partial charge on any atom is 0.351 e. The van der Waals surface area contributed by atoms with Gasteiger partial charge in [0.2, 0.25) is 0 Å². The smallest absolute Gasteiger partial charge is 0.351 e. The van der Waals surface area contributed by atoms with Crippen LogP contribution >= 0.6 is 22.6 Å². The standard InChI is InChI=1S/C12H17N3O4.CH3I/c1-7-4-8-5-15(10-3-2-9(6-16)18-10)12(17)13-11(8)14-19-7;1-2/h5,7,9-10,16H,2-4,6H2,1H3,(H,13,14,17);1H3/t7?,9-,10?;/m0./s1. The van der Waals surface area contributed by atoms with Gasteiger partial charge in [-0.25, -0.2) is 10.3 Å². The van der Waals surface area contributed by atoms with E-state index in [0.29, 0.717) is 18.7 Å². The van der Waals surface area contributed by atoms with Crippen LogP contribution in [0.25, 0.3) is 0 Å². The second kappa shape index (κ2) is 7.52. The zero-order valence-electron chi connectivity index (χ0n) is 12.1. The van der Waals surface area contributed by atoms with Crippen molar-refractivity contribution in [1.29, 1.82) is 0 Å². The summed E-state index contributed by atoms with van der Waals surface area (Å²) in [5.41, 5.74) is 3.26. The van der Waals surface area contributed by atoms with Gasteiger partial charge in [0.25, 0.3) is 0 Å². The van der Waals surface area contributed by atoms with Gasteiger partial charge in [-0.2, -0.15) is 4.98 Å². The molecule has 0 aromatic carbocycles. The van der Waals surface area contributed by atoms with Gasteiger partial charge in [0.05, 0.1) is 18.8 Å². The van der Waals surface area contributed by atoms with Gasteiger partial charge in [0, 0.05) is 18.2 Å². The SMILES string of the molecule is CC1Cc2cn(C3CC[C@@H](CO)O3)c(=O)nc2NO1.CI. The van der Waals surface area contributed by atoms with E-state index in [4.69, 9.17) is 14.7 Å². The minimum Gasteiger partial charge on any atom is -0.394 e. The molecule has 118 valence electrons. The number of nitrogens with zero attached hydrogens (tertiary/aromatic N) is 2. The van der Waals surface area contributed by atoms with E-state index < -0.39 is 0 Å². The van der Waals surface area contributed by atoms with E-state index in [1.54, 1.807) is 6.20 Å². The molecule has 2 aliphatic rings. The maximum atomic E-state index is 12.0. The van der Waals surface area contributed by atoms with E-state index in [0.717, 1.165) is 12.0 Å². The molecule has 2 unspecified atom stereocenters. The molecule has 2 N–H and O–H groups in total. The summed E-state index contributed by atoms with van der Waals surface area (Å²) in [6, 6.07) is 0. The van der Waals surface area contributed by atoms with Crippen LogP contribution < -0.4 is 11.2 Å². The fraction of sp³-hybridized carbons (Fsp3) is 0.692. The van der Waals surface area contributed by atoms with Gasteiger partial charge in [0.15, 0.2) is 5.82 Å². The fourth-order valence-electron chi connectivity index (χ4n) is 2.49. The highest BCUT2D eigenvalue weighted by molar-refractivity contribution is 14.1. The molecular formula is C13H20IN3O4. The Kier molecular flexibility index (Phi) is 5.97. The molecule has 0 bridgehead atoms. The number of rotatable bonds is 2. The molecule has 1 fully saturated rings. The molecule has 0 radical (unpaired) electrons. The topological polar surface area (TPSA) is 85.6 Å². The van der Waals surface area contributed by atoms with Gasteiger partial charge in [-0.05, 0) is 24.7 Å². The van der Waals surface area contributed by atoms with Crippen molar-refractivity contribution < 1.29 is 14.7 Å². The number of hydrogen-bond acceptors (Lipinski definition) is 6. The van der Waals surface area contributed by atoms with Gasteiger partial charge < -0.3 is 9.84 Å². The zero-order chi connectivity index (χ0) is 15.4. The molecule has 3 rings (SSSR count). The number of nitrogens with one attached hydrogen (secondary N) is 1. The van der Waals surface area contributed by atoms with Crippen LogP contribution in [0.5, 0.6) is 0 Å². The van der Waals surface area contributed by atoms with Crippen LogP contribution in [0.2, 0.25) is 0 Å². The predicted octanol–water partition coefficient (Wildman–Crippen LogP) is 1.25. The van der Waals surface area contributed by atoms with Crippen molar-refractivity contribution in [2.75, 3.05) is 17.0 Å². The summed E-state index contributed by atoms with van der Waals surface area (Å²) >= 11 is 2.15. The Labute approximate surface area is 136 Å². The Hall–Kier alpha value is -0.710. The summed E-state index contributed by atoms with van der Waals surface area (Å²) in [5.74, 6) is 0.482. The first kappa shape index (κ1) is 16.7. The lowest BCUT2D eigenvalue weighted by atomic mass is 10.1. The zero-order valence-corrected chi connectivity index (χ0v) is 14.2. The number of aromatic nitrogens is 2. The average molecular weight is 409 g/mol. The molecule has 0 spiro atoms. The van der Waals surface area contributed by atoms with Gasteiger partial charge in [-0.15, -0.1) is 0 Å². The molecule has 0 amide bonds. The van der Waals surface area contributed by atoms with E-state index >= 15 is 0 Å². The molecule has 8 heteroatoms. The average Bonchev–Trinajstić information content (AvgIpc) is 2.98. The second-order valence-electron chi connectivity index (χ2n) is 5.01. The lowest BCUT2D eigenvalue weighted by Crippen LogP contribution is -2.32. The van der Waals surface area contributed by atoms with Crippen LogP contribution in [0.4, 0.5) is 5.82 Å². The summed E-state index contributed by atoms with van der Waals surface area (Å²) < 4.78 is 7.12. The first-order valence-corrected chi connectivity index (χ1v) is 9.01. The summed E-state index contributed by atoms with van der Waals surface area (Å²) in [6.45, 7) is 1.93. The minimum atomic E-state index is -0.368. The van der Waals surface area contributed by atoms with E-state index in [9.17, 15) is 4.79 Å². The number of aliphatic hydroxyl groups excluding tert-OH is 1. The Morgan fingerprint density at radius 1 is 1.52 bits per heavy atom. The van der Waals surface area contributed by atoms with Gasteiger partial charge in [-0.1, -0.05) is 22.6 Å². The third-order valence-electron chi connectivity index (χ3n) is 3.49. The number of aliphatic hydroxyl groups is 1. The lowest BCUT2D eigenvalue weighted by molar-refractivity contribution is -0.0249. The summed E-state index contributed by atoms with van der Waals surface area (Å²) in [5, 5.41) is 9.07. The van der Waals surface area contributed by atoms with Crippen molar-refractivity contribution in [3.63, 3.8) is 0 Å². The fourth-order valence-corrected chi connectivity index (χ4v) is 2.49. The summed E-state index contributed by atoms with van der Waals surface area (Å²) in [4.78, 5) is 23.1. The molecule has 0 aliphatic carbocycles. The Morgan fingerprint density at radius 3 is 2.95 bits per heavy atom. The number of alkyl halides is 1. The van der Waals surface area contributed by atoms with Crippen molar-refractivity contribution in [3.8, 4) is 0 Å². The molecule has 1 saturated heterocycles. The van der Waals surface area contributed by atoms with Crippen molar-refractivity contribution in [1.82, 2.24) is 9.55 Å². The molecule has 3 atom stereocenters. The van der Waals surface area contributed by atoms with Crippen LogP contribution in [0.3, 0.4) is 0 Å².